The van der Waals surface area contributed by atoms with Gasteiger partial charge in [0.25, 0.3) is 11.6 Å². The Morgan fingerprint density at radius 1 is 1.10 bits per heavy atom. The number of nitrogens with one attached hydrogen (secondary N) is 1. The number of benzene rings is 2. The normalized spacial score (nSPS) is 12.0. The van der Waals surface area contributed by atoms with Gasteiger partial charge in [0.15, 0.2) is 0 Å². The van der Waals surface area contributed by atoms with E-state index >= 15 is 0 Å². The SMILES string of the molecule is COc1ccccc1[C@H](C)NC(=O)c1cc(-c2ccccc2)nc2onc(C)c12. The molecular weight excluding hydrogens is 366 g/mol. The van der Waals surface area contributed by atoms with E-state index < -0.39 is 0 Å². The van der Waals surface area contributed by atoms with Crippen LogP contribution in [-0.2, 0) is 0 Å². The van der Waals surface area contributed by atoms with Crippen molar-refractivity contribution < 1.29 is 14.1 Å². The van der Waals surface area contributed by atoms with Crippen molar-refractivity contribution in [2.24, 2.45) is 0 Å². The Labute approximate surface area is 168 Å². The van der Waals surface area contributed by atoms with Gasteiger partial charge >= 0.3 is 0 Å². The quantitative estimate of drug-likeness (QED) is 0.537. The number of ether oxygens (including phenoxy) is 1. The van der Waals surface area contributed by atoms with Crippen molar-refractivity contribution in [3.05, 3.63) is 77.5 Å². The predicted molar refractivity (Wildman–Crippen MR) is 111 cm³/mol. The molecule has 4 aromatic rings. The third-order valence-electron chi connectivity index (χ3n) is 4.88. The van der Waals surface area contributed by atoms with Crippen LogP contribution in [0.1, 0.15) is 34.6 Å². The molecule has 2 aromatic carbocycles. The number of amides is 1. The van der Waals surface area contributed by atoms with Gasteiger partial charge in [0.05, 0.1) is 35.5 Å². The molecule has 0 saturated carbocycles. The second kappa shape index (κ2) is 7.75. The Hall–Kier alpha value is -3.67. The molecule has 0 aliphatic carbocycles. The van der Waals surface area contributed by atoms with Crippen LogP contribution in [0.2, 0.25) is 0 Å². The smallest absolute Gasteiger partial charge is 0.259 e. The molecule has 0 radical (unpaired) electrons. The molecule has 4 rings (SSSR count). The van der Waals surface area contributed by atoms with Gasteiger partial charge in [-0.05, 0) is 26.0 Å². The number of aryl methyl sites for hydroxylation is 1. The second-order valence-corrected chi connectivity index (χ2v) is 6.81. The summed E-state index contributed by atoms with van der Waals surface area (Å²) in [7, 11) is 1.62. The molecule has 1 atom stereocenters. The van der Waals surface area contributed by atoms with Crippen LogP contribution in [0.25, 0.3) is 22.4 Å². The zero-order valence-corrected chi connectivity index (χ0v) is 16.5. The number of carbonyl (C=O) groups is 1. The van der Waals surface area contributed by atoms with E-state index in [4.69, 9.17) is 9.26 Å². The lowest BCUT2D eigenvalue weighted by Crippen LogP contribution is -2.27. The van der Waals surface area contributed by atoms with E-state index in [9.17, 15) is 4.79 Å². The number of aromatic nitrogens is 2. The highest BCUT2D eigenvalue weighted by molar-refractivity contribution is 6.07. The molecule has 0 saturated heterocycles. The van der Waals surface area contributed by atoms with E-state index in [0.717, 1.165) is 16.9 Å². The number of methoxy groups -OCH3 is 1. The fourth-order valence-electron chi connectivity index (χ4n) is 3.41. The highest BCUT2D eigenvalue weighted by atomic mass is 16.5. The monoisotopic (exact) mass is 387 g/mol. The molecule has 1 amide bonds. The zero-order chi connectivity index (χ0) is 20.4. The zero-order valence-electron chi connectivity index (χ0n) is 16.5. The third-order valence-corrected chi connectivity index (χ3v) is 4.88. The van der Waals surface area contributed by atoms with E-state index in [1.54, 1.807) is 20.1 Å². The molecule has 6 nitrogen and oxygen atoms in total. The molecule has 2 aromatic heterocycles. The van der Waals surface area contributed by atoms with Crippen LogP contribution in [-0.4, -0.2) is 23.2 Å². The molecule has 6 heteroatoms. The number of carbonyl (C=O) groups excluding carboxylic acids is 1. The third kappa shape index (κ3) is 3.57. The van der Waals surface area contributed by atoms with Crippen molar-refractivity contribution in [2.45, 2.75) is 19.9 Å². The summed E-state index contributed by atoms with van der Waals surface area (Å²) in [4.78, 5) is 17.8. The standard InChI is InChI=1S/C23H21N3O3/c1-14(17-11-7-8-12-20(17)28-3)24-22(27)18-13-19(16-9-5-4-6-10-16)25-23-21(18)15(2)26-29-23/h4-14H,1-3H3,(H,24,27)/t14-/m0/s1. The number of nitrogens with zero attached hydrogens (tertiary/aromatic N) is 2. The average molecular weight is 387 g/mol. The Kier molecular flexibility index (Phi) is 4.99. The van der Waals surface area contributed by atoms with Gasteiger partial charge in [-0.15, -0.1) is 0 Å². The van der Waals surface area contributed by atoms with E-state index in [1.165, 1.54) is 0 Å². The topological polar surface area (TPSA) is 77.2 Å². The van der Waals surface area contributed by atoms with Crippen LogP contribution in [0.5, 0.6) is 5.75 Å². The minimum absolute atomic E-state index is 0.223. The van der Waals surface area contributed by atoms with Crippen LogP contribution in [0.15, 0.2) is 65.2 Å². The number of hydrogen-bond donors (Lipinski definition) is 1. The summed E-state index contributed by atoms with van der Waals surface area (Å²) in [5, 5.41) is 7.68. The van der Waals surface area contributed by atoms with E-state index in [-0.39, 0.29) is 11.9 Å². The summed E-state index contributed by atoms with van der Waals surface area (Å²) >= 11 is 0. The lowest BCUT2D eigenvalue weighted by Gasteiger charge is -2.17. The fourth-order valence-corrected chi connectivity index (χ4v) is 3.41. The summed E-state index contributed by atoms with van der Waals surface area (Å²) in [6.45, 7) is 3.73. The summed E-state index contributed by atoms with van der Waals surface area (Å²) < 4.78 is 10.8. The summed E-state index contributed by atoms with van der Waals surface area (Å²) in [6.07, 6.45) is 0. The lowest BCUT2D eigenvalue weighted by molar-refractivity contribution is 0.0941. The van der Waals surface area contributed by atoms with Gasteiger partial charge in [-0.1, -0.05) is 53.7 Å². The highest BCUT2D eigenvalue weighted by Gasteiger charge is 2.21. The van der Waals surface area contributed by atoms with E-state index in [0.29, 0.717) is 28.1 Å². The number of hydrogen-bond acceptors (Lipinski definition) is 5. The molecule has 0 fully saturated rings. The maximum atomic E-state index is 13.2. The molecule has 146 valence electrons. The Morgan fingerprint density at radius 2 is 1.83 bits per heavy atom. The van der Waals surface area contributed by atoms with Crippen molar-refractivity contribution in [1.82, 2.24) is 15.5 Å². The number of para-hydroxylation sites is 1. The van der Waals surface area contributed by atoms with Gasteiger partial charge in [-0.25, -0.2) is 4.98 Å². The summed E-state index contributed by atoms with van der Waals surface area (Å²) in [5.41, 5.74) is 3.91. The minimum Gasteiger partial charge on any atom is -0.496 e. The lowest BCUT2D eigenvalue weighted by atomic mass is 10.0. The first kappa shape index (κ1) is 18.7. The van der Waals surface area contributed by atoms with Crippen LogP contribution >= 0.6 is 0 Å². The number of rotatable bonds is 5. The molecule has 0 aliphatic heterocycles. The average Bonchev–Trinajstić information content (AvgIpc) is 3.14. The van der Waals surface area contributed by atoms with Gasteiger partial charge in [-0.3, -0.25) is 4.79 Å². The Balaban J connectivity index is 1.74. The van der Waals surface area contributed by atoms with E-state index in [2.05, 4.69) is 15.5 Å². The van der Waals surface area contributed by atoms with Gasteiger partial charge in [-0.2, -0.15) is 0 Å². The largest absolute Gasteiger partial charge is 0.496 e. The molecule has 0 bridgehead atoms. The first-order valence-corrected chi connectivity index (χ1v) is 9.34. The molecule has 2 heterocycles. The van der Waals surface area contributed by atoms with Crippen molar-refractivity contribution in [2.75, 3.05) is 7.11 Å². The molecular formula is C23H21N3O3. The maximum absolute atomic E-state index is 13.2. The molecule has 0 unspecified atom stereocenters. The van der Waals surface area contributed by atoms with Crippen LogP contribution in [0.4, 0.5) is 0 Å². The van der Waals surface area contributed by atoms with Gasteiger partial charge < -0.3 is 14.6 Å². The van der Waals surface area contributed by atoms with E-state index in [1.807, 2.05) is 61.5 Å². The number of fused-ring (bicyclic) bond motifs is 1. The van der Waals surface area contributed by atoms with Crippen molar-refractivity contribution >= 4 is 17.0 Å². The number of pyridine rings is 1. The van der Waals surface area contributed by atoms with Gasteiger partial charge in [0.1, 0.15) is 5.75 Å². The van der Waals surface area contributed by atoms with Crippen molar-refractivity contribution in [3.63, 3.8) is 0 Å². The molecule has 29 heavy (non-hydrogen) atoms. The fraction of sp³-hybridized carbons (Fsp3) is 0.174. The van der Waals surface area contributed by atoms with Gasteiger partial charge in [0.2, 0.25) is 0 Å². The highest BCUT2D eigenvalue weighted by Crippen LogP contribution is 2.29. The summed E-state index contributed by atoms with van der Waals surface area (Å²) in [6, 6.07) is 18.8. The van der Waals surface area contributed by atoms with Gasteiger partial charge in [0, 0.05) is 11.1 Å². The molecule has 1 N–H and O–H groups in total. The Bertz CT molecular complexity index is 1170. The van der Waals surface area contributed by atoms with Crippen molar-refractivity contribution in [3.8, 4) is 17.0 Å². The second-order valence-electron chi connectivity index (χ2n) is 6.81. The first-order valence-electron chi connectivity index (χ1n) is 9.34. The predicted octanol–water partition coefficient (Wildman–Crippen LogP) is 4.70. The van der Waals surface area contributed by atoms with Crippen LogP contribution in [0.3, 0.4) is 0 Å². The van der Waals surface area contributed by atoms with Crippen LogP contribution < -0.4 is 10.1 Å². The molecule has 0 spiro atoms. The maximum Gasteiger partial charge on any atom is 0.259 e. The van der Waals surface area contributed by atoms with Crippen molar-refractivity contribution in [1.29, 1.82) is 0 Å². The minimum atomic E-state index is -0.248. The first-order chi connectivity index (χ1) is 14.1. The molecule has 0 aliphatic rings. The Morgan fingerprint density at radius 3 is 2.59 bits per heavy atom. The summed E-state index contributed by atoms with van der Waals surface area (Å²) in [5.74, 6) is 0.505. The van der Waals surface area contributed by atoms with Crippen LogP contribution in [0, 0.1) is 6.92 Å².